The Labute approximate surface area is 170 Å². The molecule has 0 bridgehead atoms. The number of ether oxygens (including phenoxy) is 1. The predicted molar refractivity (Wildman–Crippen MR) is 103 cm³/mol. The van der Waals surface area contributed by atoms with Gasteiger partial charge in [-0.15, -0.1) is 23.4 Å². The van der Waals surface area contributed by atoms with Gasteiger partial charge < -0.3 is 15.4 Å². The van der Waals surface area contributed by atoms with E-state index in [9.17, 15) is 18.0 Å². The van der Waals surface area contributed by atoms with Crippen molar-refractivity contribution in [2.75, 3.05) is 18.4 Å². The molecule has 0 spiro atoms. The molecule has 2 heterocycles. The highest BCUT2D eigenvalue weighted by molar-refractivity contribution is 5.96. The maximum Gasteiger partial charge on any atom is 0.573 e. The van der Waals surface area contributed by atoms with Crippen LogP contribution in [0.25, 0.3) is 5.82 Å². The Bertz CT molecular complexity index is 1020. The van der Waals surface area contributed by atoms with Crippen LogP contribution in [0.15, 0.2) is 42.5 Å². The SMILES string of the molecule is Cc1cc(C)n(-c2ccc(NCCNC(=O)c3ccccc3OC(F)(F)F)nn2)n1. The minimum Gasteiger partial charge on any atom is -0.405 e. The summed E-state index contributed by atoms with van der Waals surface area (Å²) in [6, 6.07) is 10.5. The minimum absolute atomic E-state index is 0.153. The van der Waals surface area contributed by atoms with E-state index in [4.69, 9.17) is 0 Å². The Morgan fingerprint density at radius 2 is 1.87 bits per heavy atom. The molecular weight excluding hydrogens is 401 g/mol. The third-order valence-corrected chi connectivity index (χ3v) is 3.95. The molecule has 0 fully saturated rings. The average molecular weight is 420 g/mol. The highest BCUT2D eigenvalue weighted by atomic mass is 19.4. The van der Waals surface area contributed by atoms with E-state index in [1.807, 2.05) is 19.9 Å². The van der Waals surface area contributed by atoms with Crippen molar-refractivity contribution < 1.29 is 22.7 Å². The summed E-state index contributed by atoms with van der Waals surface area (Å²) in [7, 11) is 0. The summed E-state index contributed by atoms with van der Waals surface area (Å²) < 4.78 is 42.9. The van der Waals surface area contributed by atoms with Gasteiger partial charge in [-0.05, 0) is 44.2 Å². The molecule has 11 heteroatoms. The largest absolute Gasteiger partial charge is 0.573 e. The van der Waals surface area contributed by atoms with Crippen LogP contribution < -0.4 is 15.4 Å². The van der Waals surface area contributed by atoms with Crippen LogP contribution in [-0.4, -0.2) is 45.3 Å². The highest BCUT2D eigenvalue weighted by Gasteiger charge is 2.32. The molecule has 158 valence electrons. The van der Waals surface area contributed by atoms with Crippen LogP contribution in [0.1, 0.15) is 21.7 Å². The number of carbonyl (C=O) groups excluding carboxylic acids is 1. The second-order valence-electron chi connectivity index (χ2n) is 6.34. The van der Waals surface area contributed by atoms with Crippen LogP contribution in [0, 0.1) is 13.8 Å². The number of nitrogens with one attached hydrogen (secondary N) is 2. The van der Waals surface area contributed by atoms with Gasteiger partial charge in [0.05, 0.1) is 11.3 Å². The van der Waals surface area contributed by atoms with Gasteiger partial charge in [0.25, 0.3) is 5.91 Å². The van der Waals surface area contributed by atoms with Gasteiger partial charge >= 0.3 is 6.36 Å². The van der Waals surface area contributed by atoms with E-state index in [-0.39, 0.29) is 12.1 Å². The van der Waals surface area contributed by atoms with Gasteiger partial charge in [-0.25, -0.2) is 4.68 Å². The van der Waals surface area contributed by atoms with Crippen LogP contribution in [0.3, 0.4) is 0 Å². The lowest BCUT2D eigenvalue weighted by Gasteiger charge is -2.13. The van der Waals surface area contributed by atoms with E-state index < -0.39 is 18.0 Å². The molecule has 0 aliphatic carbocycles. The van der Waals surface area contributed by atoms with Crippen LogP contribution in [-0.2, 0) is 0 Å². The summed E-state index contributed by atoms with van der Waals surface area (Å²) >= 11 is 0. The number of anilines is 1. The fraction of sp³-hybridized carbons (Fsp3) is 0.263. The van der Waals surface area contributed by atoms with Gasteiger partial charge in [-0.3, -0.25) is 4.79 Å². The highest BCUT2D eigenvalue weighted by Crippen LogP contribution is 2.26. The Kier molecular flexibility index (Phi) is 6.19. The van der Waals surface area contributed by atoms with E-state index in [0.29, 0.717) is 18.2 Å². The zero-order chi connectivity index (χ0) is 21.7. The molecule has 2 aromatic heterocycles. The summed E-state index contributed by atoms with van der Waals surface area (Å²) in [5.74, 6) is -0.181. The molecule has 0 saturated heterocycles. The number of amides is 1. The Balaban J connectivity index is 1.52. The van der Waals surface area contributed by atoms with Crippen molar-refractivity contribution in [2.45, 2.75) is 20.2 Å². The average Bonchev–Trinajstić information content (AvgIpc) is 3.03. The molecule has 8 nitrogen and oxygen atoms in total. The number of benzene rings is 1. The zero-order valence-corrected chi connectivity index (χ0v) is 16.2. The number of carbonyl (C=O) groups is 1. The van der Waals surface area contributed by atoms with Crippen molar-refractivity contribution >= 4 is 11.7 Å². The lowest BCUT2D eigenvalue weighted by molar-refractivity contribution is -0.274. The van der Waals surface area contributed by atoms with E-state index in [1.54, 1.807) is 16.8 Å². The molecule has 0 unspecified atom stereocenters. The summed E-state index contributed by atoms with van der Waals surface area (Å²) in [5.41, 5.74) is 1.60. The van der Waals surface area contributed by atoms with E-state index >= 15 is 0 Å². The van der Waals surface area contributed by atoms with Crippen molar-refractivity contribution in [3.05, 3.63) is 59.4 Å². The summed E-state index contributed by atoms with van der Waals surface area (Å²) in [5, 5.41) is 18.0. The number of rotatable bonds is 7. The van der Waals surface area contributed by atoms with Gasteiger partial charge in [0.15, 0.2) is 5.82 Å². The summed E-state index contributed by atoms with van der Waals surface area (Å²) in [6.45, 7) is 4.24. The first-order valence-corrected chi connectivity index (χ1v) is 8.97. The Hall–Kier alpha value is -3.63. The van der Waals surface area contributed by atoms with Crippen molar-refractivity contribution in [1.82, 2.24) is 25.3 Å². The van der Waals surface area contributed by atoms with Crippen LogP contribution in [0.4, 0.5) is 19.0 Å². The fourth-order valence-corrected chi connectivity index (χ4v) is 2.72. The van der Waals surface area contributed by atoms with Crippen molar-refractivity contribution in [3.63, 3.8) is 0 Å². The molecule has 1 amide bonds. The lowest BCUT2D eigenvalue weighted by atomic mass is 10.2. The van der Waals surface area contributed by atoms with Gasteiger partial charge in [0.1, 0.15) is 11.6 Å². The lowest BCUT2D eigenvalue weighted by Crippen LogP contribution is -2.30. The maximum atomic E-state index is 12.5. The molecule has 3 rings (SSSR count). The third kappa shape index (κ3) is 5.46. The molecule has 0 aliphatic rings. The number of alkyl halides is 3. The van der Waals surface area contributed by atoms with E-state index in [0.717, 1.165) is 17.5 Å². The molecule has 0 aliphatic heterocycles. The second-order valence-corrected chi connectivity index (χ2v) is 6.34. The summed E-state index contributed by atoms with van der Waals surface area (Å²) in [6.07, 6.45) is -4.88. The number of aryl methyl sites for hydroxylation is 2. The quantitative estimate of drug-likeness (QED) is 0.571. The topological polar surface area (TPSA) is 94.0 Å². The molecule has 0 saturated carbocycles. The normalized spacial score (nSPS) is 11.2. The molecule has 1 aromatic carbocycles. The molecule has 30 heavy (non-hydrogen) atoms. The number of hydrogen-bond acceptors (Lipinski definition) is 6. The number of nitrogens with zero attached hydrogens (tertiary/aromatic N) is 4. The molecular formula is C19H19F3N6O2. The van der Waals surface area contributed by atoms with Gasteiger partial charge in [0.2, 0.25) is 0 Å². The first-order valence-electron chi connectivity index (χ1n) is 8.97. The number of hydrogen-bond donors (Lipinski definition) is 2. The second kappa shape index (κ2) is 8.80. The molecule has 3 aromatic rings. The van der Waals surface area contributed by atoms with Crippen molar-refractivity contribution in [3.8, 4) is 11.6 Å². The standard InChI is InChI=1S/C19H19F3N6O2/c1-12-11-13(2)28(27-12)17-8-7-16(25-26-17)23-9-10-24-18(29)14-5-3-4-6-15(14)30-19(20,21)22/h3-8,11H,9-10H2,1-2H3,(H,23,25)(H,24,29). The number of para-hydroxylation sites is 1. The Morgan fingerprint density at radius 3 is 2.50 bits per heavy atom. The van der Waals surface area contributed by atoms with Crippen LogP contribution in [0.2, 0.25) is 0 Å². The van der Waals surface area contributed by atoms with E-state index in [1.165, 1.54) is 18.2 Å². The number of aromatic nitrogens is 4. The molecule has 2 N–H and O–H groups in total. The third-order valence-electron chi connectivity index (χ3n) is 3.95. The van der Waals surface area contributed by atoms with Gasteiger partial charge in [0, 0.05) is 18.8 Å². The zero-order valence-electron chi connectivity index (χ0n) is 16.2. The first-order chi connectivity index (χ1) is 14.2. The monoisotopic (exact) mass is 420 g/mol. The summed E-state index contributed by atoms with van der Waals surface area (Å²) in [4.78, 5) is 12.2. The Morgan fingerprint density at radius 1 is 1.10 bits per heavy atom. The van der Waals surface area contributed by atoms with Gasteiger partial charge in [-0.1, -0.05) is 12.1 Å². The minimum atomic E-state index is -4.88. The smallest absolute Gasteiger partial charge is 0.405 e. The van der Waals surface area contributed by atoms with Crippen molar-refractivity contribution in [2.24, 2.45) is 0 Å². The van der Waals surface area contributed by atoms with E-state index in [2.05, 4.69) is 30.7 Å². The van der Waals surface area contributed by atoms with Gasteiger partial charge in [-0.2, -0.15) is 5.10 Å². The molecule has 0 radical (unpaired) electrons. The first kappa shape index (κ1) is 21.1. The van der Waals surface area contributed by atoms with Crippen LogP contribution in [0.5, 0.6) is 5.75 Å². The molecule has 0 atom stereocenters. The predicted octanol–water partition coefficient (Wildman–Crippen LogP) is 3.02. The maximum absolute atomic E-state index is 12.5. The fourth-order valence-electron chi connectivity index (χ4n) is 2.72. The number of halogens is 3. The van der Waals surface area contributed by atoms with Crippen molar-refractivity contribution in [1.29, 1.82) is 0 Å². The van der Waals surface area contributed by atoms with Crippen LogP contribution >= 0.6 is 0 Å².